The summed E-state index contributed by atoms with van der Waals surface area (Å²) in [4.78, 5) is 0. The third-order valence-corrected chi connectivity index (χ3v) is 5.26. The summed E-state index contributed by atoms with van der Waals surface area (Å²) in [7, 11) is 4.16. The van der Waals surface area contributed by atoms with E-state index in [2.05, 4.69) is 53.9 Å². The fraction of sp³-hybridized carbons (Fsp3) is 0.800. The standard InChI is InChI=1S/C15H27N3S/c1-4-13-10-15(18(3)17-13)11-14(16-2)9-12-5-7-19-8-6-12/h10,12,14,16H,4-9,11H2,1-3H3. The maximum absolute atomic E-state index is 4.55. The van der Waals surface area contributed by atoms with Crippen molar-refractivity contribution in [3.63, 3.8) is 0 Å². The fourth-order valence-corrected chi connectivity index (χ4v) is 4.08. The maximum Gasteiger partial charge on any atom is 0.0624 e. The fourth-order valence-electron chi connectivity index (χ4n) is 2.88. The van der Waals surface area contributed by atoms with E-state index in [0.29, 0.717) is 6.04 Å². The van der Waals surface area contributed by atoms with Crippen molar-refractivity contribution in [2.45, 2.75) is 45.1 Å². The Bertz CT molecular complexity index is 383. The number of thioether (sulfide) groups is 1. The average Bonchev–Trinajstić information content (AvgIpc) is 2.80. The molecule has 0 aromatic carbocycles. The molecule has 2 heterocycles. The van der Waals surface area contributed by atoms with Crippen LogP contribution in [0.3, 0.4) is 0 Å². The largest absolute Gasteiger partial charge is 0.317 e. The molecule has 1 aromatic heterocycles. The van der Waals surface area contributed by atoms with E-state index in [0.717, 1.165) is 18.8 Å². The van der Waals surface area contributed by atoms with Crippen LogP contribution >= 0.6 is 11.8 Å². The van der Waals surface area contributed by atoms with Gasteiger partial charge in [-0.15, -0.1) is 0 Å². The van der Waals surface area contributed by atoms with E-state index in [-0.39, 0.29) is 0 Å². The van der Waals surface area contributed by atoms with Gasteiger partial charge in [0.2, 0.25) is 0 Å². The molecule has 1 aliphatic rings. The van der Waals surface area contributed by atoms with Crippen molar-refractivity contribution in [1.82, 2.24) is 15.1 Å². The van der Waals surface area contributed by atoms with Gasteiger partial charge >= 0.3 is 0 Å². The summed E-state index contributed by atoms with van der Waals surface area (Å²) in [5, 5.41) is 8.05. The number of hydrogen-bond donors (Lipinski definition) is 1. The van der Waals surface area contributed by atoms with E-state index in [9.17, 15) is 0 Å². The van der Waals surface area contributed by atoms with E-state index in [1.54, 1.807) is 0 Å². The van der Waals surface area contributed by atoms with Crippen molar-refractivity contribution in [3.05, 3.63) is 17.5 Å². The molecule has 2 rings (SSSR count). The molecule has 0 spiro atoms. The van der Waals surface area contributed by atoms with Crippen LogP contribution in [0.2, 0.25) is 0 Å². The minimum absolute atomic E-state index is 0.591. The van der Waals surface area contributed by atoms with Crippen LogP contribution in [0.1, 0.15) is 37.6 Å². The molecule has 0 bridgehead atoms. The van der Waals surface area contributed by atoms with Crippen molar-refractivity contribution < 1.29 is 0 Å². The third kappa shape index (κ3) is 4.25. The molecule has 0 radical (unpaired) electrons. The minimum atomic E-state index is 0.591. The van der Waals surface area contributed by atoms with Crippen LogP contribution in [0, 0.1) is 5.92 Å². The Morgan fingerprint density at radius 1 is 1.47 bits per heavy atom. The maximum atomic E-state index is 4.55. The van der Waals surface area contributed by atoms with E-state index in [1.807, 2.05) is 0 Å². The number of rotatable bonds is 6. The van der Waals surface area contributed by atoms with E-state index < -0.39 is 0 Å². The average molecular weight is 281 g/mol. The molecule has 1 fully saturated rings. The summed E-state index contributed by atoms with van der Waals surface area (Å²) in [6.45, 7) is 2.17. The zero-order chi connectivity index (χ0) is 13.7. The summed E-state index contributed by atoms with van der Waals surface area (Å²) in [6, 6.07) is 2.86. The van der Waals surface area contributed by atoms with Crippen molar-refractivity contribution in [3.8, 4) is 0 Å². The number of aryl methyl sites for hydroxylation is 2. The third-order valence-electron chi connectivity index (χ3n) is 4.21. The number of nitrogens with zero attached hydrogens (tertiary/aromatic N) is 2. The highest BCUT2D eigenvalue weighted by Crippen LogP contribution is 2.27. The summed E-state index contributed by atoms with van der Waals surface area (Å²) < 4.78 is 2.06. The first-order valence-corrected chi connectivity index (χ1v) is 8.65. The molecule has 0 saturated carbocycles. The van der Waals surface area contributed by atoms with Crippen molar-refractivity contribution in [2.75, 3.05) is 18.6 Å². The summed E-state index contributed by atoms with van der Waals surface area (Å²) in [5.74, 6) is 3.62. The SMILES string of the molecule is CCc1cc(CC(CC2CCSCC2)NC)n(C)n1. The normalized spacial score (nSPS) is 18.7. The molecule has 1 aliphatic heterocycles. The Morgan fingerprint density at radius 3 is 2.79 bits per heavy atom. The molecule has 0 aliphatic carbocycles. The molecule has 1 N–H and O–H groups in total. The van der Waals surface area contributed by atoms with Gasteiger partial charge in [-0.25, -0.2) is 0 Å². The van der Waals surface area contributed by atoms with Gasteiger partial charge in [0.15, 0.2) is 0 Å². The quantitative estimate of drug-likeness (QED) is 0.869. The number of aromatic nitrogens is 2. The van der Waals surface area contributed by atoms with E-state index in [1.165, 1.54) is 42.2 Å². The second-order valence-electron chi connectivity index (χ2n) is 5.59. The van der Waals surface area contributed by atoms with Crippen LogP contribution in [0.4, 0.5) is 0 Å². The first-order chi connectivity index (χ1) is 9.22. The smallest absolute Gasteiger partial charge is 0.0624 e. The molecular weight excluding hydrogens is 254 g/mol. The molecule has 19 heavy (non-hydrogen) atoms. The van der Waals surface area contributed by atoms with Crippen molar-refractivity contribution in [1.29, 1.82) is 0 Å². The lowest BCUT2D eigenvalue weighted by atomic mass is 9.92. The van der Waals surface area contributed by atoms with Gasteiger partial charge in [0.1, 0.15) is 0 Å². The molecule has 1 saturated heterocycles. The van der Waals surface area contributed by atoms with Crippen molar-refractivity contribution >= 4 is 11.8 Å². The van der Waals surface area contributed by atoms with Crippen molar-refractivity contribution in [2.24, 2.45) is 13.0 Å². The molecule has 0 amide bonds. The molecule has 1 atom stereocenters. The lowest BCUT2D eigenvalue weighted by molar-refractivity contribution is 0.372. The van der Waals surface area contributed by atoms with Crippen LogP contribution < -0.4 is 5.32 Å². The Morgan fingerprint density at radius 2 is 2.21 bits per heavy atom. The van der Waals surface area contributed by atoms with Gasteiger partial charge in [-0.05, 0) is 56.2 Å². The minimum Gasteiger partial charge on any atom is -0.317 e. The molecule has 1 unspecified atom stereocenters. The van der Waals surface area contributed by atoms with Crippen LogP contribution in [0.25, 0.3) is 0 Å². The highest BCUT2D eigenvalue weighted by molar-refractivity contribution is 7.99. The first-order valence-electron chi connectivity index (χ1n) is 7.49. The Hall–Kier alpha value is -0.480. The zero-order valence-corrected chi connectivity index (χ0v) is 13.3. The Balaban J connectivity index is 1.91. The van der Waals surface area contributed by atoms with Gasteiger partial charge in [0, 0.05) is 25.2 Å². The highest BCUT2D eigenvalue weighted by atomic mass is 32.2. The summed E-state index contributed by atoms with van der Waals surface area (Å²) in [6.07, 6.45) is 6.23. The number of likely N-dealkylation sites (N-methyl/N-ethyl adjacent to an activating group) is 1. The molecule has 1 aromatic rings. The molecular formula is C15H27N3S. The van der Waals surface area contributed by atoms with Crippen LogP contribution in [0.5, 0.6) is 0 Å². The lowest BCUT2D eigenvalue weighted by Crippen LogP contribution is -2.31. The second kappa shape index (κ2) is 7.34. The van der Waals surface area contributed by atoms with Gasteiger partial charge in [0.25, 0.3) is 0 Å². The van der Waals surface area contributed by atoms with Gasteiger partial charge < -0.3 is 5.32 Å². The van der Waals surface area contributed by atoms with Crippen LogP contribution in [-0.2, 0) is 19.9 Å². The number of hydrogen-bond acceptors (Lipinski definition) is 3. The second-order valence-corrected chi connectivity index (χ2v) is 6.81. The first kappa shape index (κ1) is 14.9. The highest BCUT2D eigenvalue weighted by Gasteiger charge is 2.19. The Labute approximate surface area is 121 Å². The lowest BCUT2D eigenvalue weighted by Gasteiger charge is -2.26. The van der Waals surface area contributed by atoms with Gasteiger partial charge in [-0.1, -0.05) is 6.92 Å². The Kier molecular flexibility index (Phi) is 5.76. The van der Waals surface area contributed by atoms with Crippen LogP contribution in [0.15, 0.2) is 6.07 Å². The summed E-state index contributed by atoms with van der Waals surface area (Å²) in [5.41, 5.74) is 2.57. The molecule has 4 heteroatoms. The van der Waals surface area contributed by atoms with Gasteiger partial charge in [-0.3, -0.25) is 4.68 Å². The van der Waals surface area contributed by atoms with E-state index >= 15 is 0 Å². The zero-order valence-electron chi connectivity index (χ0n) is 12.5. The van der Waals surface area contributed by atoms with Gasteiger partial charge in [-0.2, -0.15) is 16.9 Å². The van der Waals surface area contributed by atoms with Gasteiger partial charge in [0.05, 0.1) is 5.69 Å². The number of nitrogens with one attached hydrogen (secondary N) is 1. The molecule has 108 valence electrons. The van der Waals surface area contributed by atoms with E-state index in [4.69, 9.17) is 0 Å². The monoisotopic (exact) mass is 281 g/mol. The topological polar surface area (TPSA) is 29.9 Å². The van der Waals surface area contributed by atoms with Crippen LogP contribution in [-0.4, -0.2) is 34.4 Å². The molecule has 3 nitrogen and oxygen atoms in total. The predicted molar refractivity (Wildman–Crippen MR) is 83.8 cm³/mol. The summed E-state index contributed by atoms with van der Waals surface area (Å²) >= 11 is 2.11. The predicted octanol–water partition coefficient (Wildman–Crippen LogP) is 2.65.